The topological polar surface area (TPSA) is 94.4 Å². The van der Waals surface area contributed by atoms with Crippen LogP contribution in [0.2, 0.25) is 0 Å². The highest BCUT2D eigenvalue weighted by molar-refractivity contribution is 5.90. The fourth-order valence-corrected chi connectivity index (χ4v) is 2.54. The van der Waals surface area contributed by atoms with E-state index in [1.807, 2.05) is 0 Å². The molecule has 2 aromatic rings. The molecule has 7 heteroatoms. The van der Waals surface area contributed by atoms with Crippen LogP contribution in [0.3, 0.4) is 0 Å². The summed E-state index contributed by atoms with van der Waals surface area (Å²) in [7, 11) is 4.29. The normalized spacial score (nSPS) is 10.1. The van der Waals surface area contributed by atoms with Crippen LogP contribution in [0, 0.1) is 11.8 Å². The fraction of sp³-hybridized carbons (Fsp3) is 0.190. The third-order valence-corrected chi connectivity index (χ3v) is 3.95. The van der Waals surface area contributed by atoms with Crippen molar-refractivity contribution in [2.45, 2.75) is 6.42 Å². The van der Waals surface area contributed by atoms with Gasteiger partial charge >= 0.3 is 5.97 Å². The van der Waals surface area contributed by atoms with Gasteiger partial charge in [0.2, 0.25) is 0 Å². The van der Waals surface area contributed by atoms with Crippen LogP contribution in [0.1, 0.15) is 32.6 Å². The Morgan fingerprint density at radius 2 is 1.79 bits per heavy atom. The maximum atomic E-state index is 11.8. The van der Waals surface area contributed by atoms with Gasteiger partial charge in [0.05, 0.1) is 34.0 Å². The molecule has 0 unspecified atom stereocenters. The molecule has 144 valence electrons. The van der Waals surface area contributed by atoms with Crippen LogP contribution in [-0.2, 0) is 16.0 Å². The number of ether oxygens (including phenoxy) is 3. The second-order valence-corrected chi connectivity index (χ2v) is 5.54. The maximum absolute atomic E-state index is 11.8. The predicted molar refractivity (Wildman–Crippen MR) is 102 cm³/mol. The summed E-state index contributed by atoms with van der Waals surface area (Å²) >= 11 is 0. The largest absolute Gasteiger partial charge is 0.493 e. The summed E-state index contributed by atoms with van der Waals surface area (Å²) in [5, 5.41) is 11.8. The minimum atomic E-state index is -0.434. The van der Waals surface area contributed by atoms with E-state index >= 15 is 0 Å². The van der Waals surface area contributed by atoms with Gasteiger partial charge in [0.25, 0.3) is 0 Å². The lowest BCUT2D eigenvalue weighted by Crippen LogP contribution is -2.07. The molecule has 0 aliphatic heterocycles. The molecule has 0 aromatic heterocycles. The molecule has 2 rings (SSSR count). The highest BCUT2D eigenvalue weighted by Gasteiger charge is 2.14. The third-order valence-electron chi connectivity index (χ3n) is 3.95. The summed E-state index contributed by atoms with van der Waals surface area (Å²) in [5.74, 6) is 6.35. The van der Waals surface area contributed by atoms with Crippen LogP contribution in [-0.4, -0.2) is 45.0 Å². The first-order valence-corrected chi connectivity index (χ1v) is 8.17. The summed E-state index contributed by atoms with van der Waals surface area (Å²) in [6, 6.07) is 8.23. The Bertz CT molecular complexity index is 969. The molecule has 0 aliphatic carbocycles. The van der Waals surface area contributed by atoms with Crippen LogP contribution in [0.5, 0.6) is 11.5 Å². The molecule has 0 radical (unpaired) electrons. The first-order valence-electron chi connectivity index (χ1n) is 8.17. The minimum Gasteiger partial charge on any atom is -0.493 e. The van der Waals surface area contributed by atoms with Gasteiger partial charge in [0.1, 0.15) is 0 Å². The van der Waals surface area contributed by atoms with Gasteiger partial charge in [-0.25, -0.2) is 0 Å². The van der Waals surface area contributed by atoms with E-state index in [0.717, 1.165) is 0 Å². The van der Waals surface area contributed by atoms with E-state index in [0.29, 0.717) is 45.6 Å². The van der Waals surface area contributed by atoms with E-state index in [1.54, 1.807) is 30.3 Å². The van der Waals surface area contributed by atoms with Gasteiger partial charge in [-0.05, 0) is 17.7 Å². The van der Waals surface area contributed by atoms with Gasteiger partial charge in [-0.1, -0.05) is 35.2 Å². The second kappa shape index (κ2) is 9.78. The van der Waals surface area contributed by atoms with Gasteiger partial charge in [-0.15, -0.1) is 0 Å². The number of methoxy groups -OCH3 is 3. The standard InChI is InChI=1S/C21H19NO6/c1-26-19-9-14(17(10-20(19)27-2)11-21(24)28-3)7-8-18-15(12-22-25)5-4-6-16(18)13-23/h4-6,9-10,12-13,25H,11H2,1-3H3/b22-12+. The average Bonchev–Trinajstić information content (AvgIpc) is 2.72. The van der Waals surface area contributed by atoms with Gasteiger partial charge in [-0.2, -0.15) is 0 Å². The molecule has 1 N–H and O–H groups in total. The zero-order valence-electron chi connectivity index (χ0n) is 15.7. The quantitative estimate of drug-likeness (QED) is 0.206. The minimum absolute atomic E-state index is 0.0127. The zero-order valence-corrected chi connectivity index (χ0v) is 15.7. The molecule has 0 spiro atoms. The number of carbonyl (C=O) groups is 2. The summed E-state index contributed by atoms with van der Waals surface area (Å²) in [6.07, 6.45) is 1.85. The molecule has 0 heterocycles. The molecule has 0 saturated heterocycles. The van der Waals surface area contributed by atoms with Crippen molar-refractivity contribution in [1.82, 2.24) is 0 Å². The van der Waals surface area contributed by atoms with E-state index in [4.69, 9.17) is 19.4 Å². The van der Waals surface area contributed by atoms with E-state index < -0.39 is 5.97 Å². The summed E-state index contributed by atoms with van der Waals surface area (Å²) < 4.78 is 15.3. The summed E-state index contributed by atoms with van der Waals surface area (Å²) in [4.78, 5) is 23.1. The molecule has 2 aromatic carbocycles. The van der Waals surface area contributed by atoms with Crippen molar-refractivity contribution < 1.29 is 29.0 Å². The van der Waals surface area contributed by atoms with Crippen LogP contribution in [0.4, 0.5) is 0 Å². The summed E-state index contributed by atoms with van der Waals surface area (Å²) in [6.45, 7) is 0. The van der Waals surface area contributed by atoms with Crippen molar-refractivity contribution in [3.63, 3.8) is 0 Å². The molecule has 0 bridgehead atoms. The van der Waals surface area contributed by atoms with Crippen LogP contribution >= 0.6 is 0 Å². The van der Waals surface area contributed by atoms with Crippen LogP contribution in [0.15, 0.2) is 35.5 Å². The second-order valence-electron chi connectivity index (χ2n) is 5.54. The number of rotatable bonds is 6. The molecule has 0 amide bonds. The number of hydrogen-bond donors (Lipinski definition) is 1. The Kier molecular flexibility index (Phi) is 7.17. The number of aldehydes is 1. The molecule has 0 fully saturated rings. The van der Waals surface area contributed by atoms with Crippen molar-refractivity contribution in [1.29, 1.82) is 0 Å². The highest BCUT2D eigenvalue weighted by Crippen LogP contribution is 2.30. The predicted octanol–water partition coefficient (Wildman–Crippen LogP) is 2.44. The molecule has 0 saturated carbocycles. The number of benzene rings is 2. The number of esters is 1. The fourth-order valence-electron chi connectivity index (χ4n) is 2.54. The smallest absolute Gasteiger partial charge is 0.310 e. The Morgan fingerprint density at radius 1 is 1.11 bits per heavy atom. The first kappa shape index (κ1) is 20.5. The van der Waals surface area contributed by atoms with Gasteiger partial charge in [-0.3, -0.25) is 9.59 Å². The lowest BCUT2D eigenvalue weighted by molar-refractivity contribution is -0.139. The first-order chi connectivity index (χ1) is 13.6. The highest BCUT2D eigenvalue weighted by atomic mass is 16.5. The van der Waals surface area contributed by atoms with E-state index in [2.05, 4.69) is 17.0 Å². The zero-order chi connectivity index (χ0) is 20.5. The lowest BCUT2D eigenvalue weighted by Gasteiger charge is -2.11. The molecule has 0 aliphatic rings. The Balaban J connectivity index is 2.64. The van der Waals surface area contributed by atoms with Crippen molar-refractivity contribution in [2.75, 3.05) is 21.3 Å². The van der Waals surface area contributed by atoms with E-state index in [1.165, 1.54) is 27.5 Å². The molecule has 28 heavy (non-hydrogen) atoms. The molecular formula is C21H19NO6. The number of hydrogen-bond acceptors (Lipinski definition) is 7. The van der Waals surface area contributed by atoms with Crippen molar-refractivity contribution in [3.8, 4) is 23.3 Å². The van der Waals surface area contributed by atoms with Gasteiger partial charge < -0.3 is 19.4 Å². The number of nitrogens with zero attached hydrogens (tertiary/aromatic N) is 1. The Hall–Kier alpha value is -3.79. The Labute approximate surface area is 162 Å². The van der Waals surface area contributed by atoms with Crippen molar-refractivity contribution in [2.24, 2.45) is 5.16 Å². The molecular weight excluding hydrogens is 362 g/mol. The average molecular weight is 381 g/mol. The molecule has 0 atom stereocenters. The van der Waals surface area contributed by atoms with Crippen molar-refractivity contribution >= 4 is 18.5 Å². The van der Waals surface area contributed by atoms with Crippen LogP contribution < -0.4 is 9.47 Å². The number of carbonyl (C=O) groups excluding carboxylic acids is 2. The van der Waals surface area contributed by atoms with Crippen molar-refractivity contribution in [3.05, 3.63) is 58.1 Å². The maximum Gasteiger partial charge on any atom is 0.310 e. The van der Waals surface area contributed by atoms with E-state index in [9.17, 15) is 9.59 Å². The lowest BCUT2D eigenvalue weighted by atomic mass is 10.00. The van der Waals surface area contributed by atoms with Gasteiger partial charge in [0, 0.05) is 22.3 Å². The number of oxime groups is 1. The summed E-state index contributed by atoms with van der Waals surface area (Å²) in [5.41, 5.74) is 2.32. The SMILES string of the molecule is COC(=O)Cc1cc(OC)c(OC)cc1C#Cc1c(C=O)cccc1/C=N/O. The van der Waals surface area contributed by atoms with Gasteiger partial charge in [0.15, 0.2) is 17.8 Å². The van der Waals surface area contributed by atoms with Crippen LogP contribution in [0.25, 0.3) is 0 Å². The third kappa shape index (κ3) is 4.68. The molecule has 7 nitrogen and oxygen atoms in total. The van der Waals surface area contributed by atoms with E-state index in [-0.39, 0.29) is 6.42 Å². The monoisotopic (exact) mass is 381 g/mol. The Morgan fingerprint density at radius 3 is 2.39 bits per heavy atom.